The Labute approximate surface area is 193 Å². The van der Waals surface area contributed by atoms with Crippen molar-refractivity contribution in [2.24, 2.45) is 4.99 Å². The predicted octanol–water partition coefficient (Wildman–Crippen LogP) is 3.34. The molecular weight excluding hydrogens is 499 g/mol. The molecule has 1 aromatic carbocycles. The van der Waals surface area contributed by atoms with E-state index in [0.29, 0.717) is 17.5 Å². The number of piperidine rings is 1. The van der Waals surface area contributed by atoms with Crippen LogP contribution in [0.15, 0.2) is 28.1 Å². The van der Waals surface area contributed by atoms with E-state index in [2.05, 4.69) is 27.4 Å². The summed E-state index contributed by atoms with van der Waals surface area (Å²) in [6, 6.07) is 6.03. The number of rotatable bonds is 8. The fraction of sp³-hybridized carbons (Fsp3) is 0.667. The van der Waals surface area contributed by atoms with E-state index in [9.17, 15) is 8.42 Å². The molecule has 0 aromatic heterocycles. The highest BCUT2D eigenvalue weighted by Crippen LogP contribution is 2.18. The highest BCUT2D eigenvalue weighted by atomic mass is 127. The molecule has 1 aromatic rings. The third-order valence-electron chi connectivity index (χ3n) is 5.38. The lowest BCUT2D eigenvalue weighted by atomic mass is 10.0. The number of hydrogen-bond acceptors (Lipinski definition) is 4. The Morgan fingerprint density at radius 3 is 2.66 bits per heavy atom. The van der Waals surface area contributed by atoms with Crippen LogP contribution < -0.4 is 10.6 Å². The van der Waals surface area contributed by atoms with Gasteiger partial charge in [-0.1, -0.05) is 31.9 Å². The summed E-state index contributed by atoms with van der Waals surface area (Å²) in [4.78, 5) is 7.34. The third-order valence-corrected chi connectivity index (χ3v) is 6.63. The lowest BCUT2D eigenvalue weighted by Gasteiger charge is -2.36. The Kier molecular flexibility index (Phi) is 11.5. The molecule has 1 atom stereocenters. The van der Waals surface area contributed by atoms with Gasteiger partial charge in [-0.05, 0) is 56.5 Å². The van der Waals surface area contributed by atoms with E-state index in [1.165, 1.54) is 51.4 Å². The fourth-order valence-corrected chi connectivity index (χ4v) is 4.76. The first-order valence-electron chi connectivity index (χ1n) is 10.3. The zero-order valence-electron chi connectivity index (χ0n) is 18.2. The van der Waals surface area contributed by atoms with E-state index in [0.717, 1.165) is 23.6 Å². The highest BCUT2D eigenvalue weighted by molar-refractivity contribution is 14.0. The summed E-state index contributed by atoms with van der Waals surface area (Å²) in [5.74, 6) is 0.783. The Balaban J connectivity index is 0.00000420. The van der Waals surface area contributed by atoms with Crippen LogP contribution in [0.4, 0.5) is 0 Å². The number of aliphatic imine (C=N–C) groups is 1. The van der Waals surface area contributed by atoms with Crippen LogP contribution in [0, 0.1) is 6.92 Å². The van der Waals surface area contributed by atoms with Gasteiger partial charge < -0.3 is 10.6 Å². The van der Waals surface area contributed by atoms with Crippen molar-refractivity contribution in [3.8, 4) is 0 Å². The molecule has 0 aliphatic carbocycles. The van der Waals surface area contributed by atoms with Gasteiger partial charge in [-0.25, -0.2) is 8.42 Å². The minimum atomic E-state index is -3.18. The number of benzene rings is 1. The molecule has 1 unspecified atom stereocenters. The van der Waals surface area contributed by atoms with Gasteiger partial charge in [0.25, 0.3) is 0 Å². The summed E-state index contributed by atoms with van der Waals surface area (Å²) in [5, 5.41) is 6.81. The van der Waals surface area contributed by atoms with Crippen LogP contribution in [0.2, 0.25) is 0 Å². The van der Waals surface area contributed by atoms with Crippen molar-refractivity contribution in [3.05, 3.63) is 29.3 Å². The maximum Gasteiger partial charge on any atom is 0.191 e. The molecule has 166 valence electrons. The quantitative estimate of drug-likeness (QED) is 0.303. The number of hydrogen-bond donors (Lipinski definition) is 2. The normalized spacial score (nSPS) is 18.2. The second kappa shape index (κ2) is 12.7. The SMILES string of the molecule is CCCCN1CCCCC1CNC(=NC)NCc1ccc(S(C)(=O)=O)c(C)c1.I. The fourth-order valence-electron chi connectivity index (χ4n) is 3.81. The molecule has 29 heavy (non-hydrogen) atoms. The minimum absolute atomic E-state index is 0. The van der Waals surface area contributed by atoms with Crippen LogP contribution in [0.25, 0.3) is 0 Å². The number of sulfone groups is 1. The first-order chi connectivity index (χ1) is 13.3. The van der Waals surface area contributed by atoms with Gasteiger partial charge >= 0.3 is 0 Å². The standard InChI is InChI=1S/C21H36N4O2S.HI/c1-5-6-12-25-13-8-7-9-19(25)16-24-21(22-3)23-15-18-10-11-20(17(2)14-18)28(4,26)27;/h10-11,14,19H,5-9,12-13,15-16H2,1-4H3,(H2,22,23,24);1H. The Morgan fingerprint density at radius 2 is 2.03 bits per heavy atom. The molecule has 1 saturated heterocycles. The topological polar surface area (TPSA) is 73.8 Å². The van der Waals surface area contributed by atoms with Crippen LogP contribution in [-0.4, -0.2) is 58.3 Å². The van der Waals surface area contributed by atoms with Crippen molar-refractivity contribution in [1.29, 1.82) is 0 Å². The summed E-state index contributed by atoms with van der Waals surface area (Å²) in [5.41, 5.74) is 1.81. The van der Waals surface area contributed by atoms with Gasteiger partial charge in [-0.2, -0.15) is 0 Å². The van der Waals surface area contributed by atoms with Crippen LogP contribution in [0.3, 0.4) is 0 Å². The molecule has 6 nitrogen and oxygen atoms in total. The Bertz CT molecular complexity index is 768. The maximum atomic E-state index is 11.8. The lowest BCUT2D eigenvalue weighted by Crippen LogP contribution is -2.49. The van der Waals surface area contributed by atoms with Gasteiger partial charge in [0.1, 0.15) is 0 Å². The molecule has 0 bridgehead atoms. The van der Waals surface area contributed by atoms with Crippen LogP contribution >= 0.6 is 24.0 Å². The first kappa shape index (κ1) is 26.2. The number of unbranched alkanes of at least 4 members (excludes halogenated alkanes) is 1. The first-order valence-corrected chi connectivity index (χ1v) is 12.2. The van der Waals surface area contributed by atoms with E-state index in [-0.39, 0.29) is 24.0 Å². The molecule has 8 heteroatoms. The zero-order chi connectivity index (χ0) is 20.6. The van der Waals surface area contributed by atoms with Gasteiger partial charge in [0, 0.05) is 32.4 Å². The van der Waals surface area contributed by atoms with E-state index in [1.807, 2.05) is 19.1 Å². The van der Waals surface area contributed by atoms with E-state index >= 15 is 0 Å². The third kappa shape index (κ3) is 8.41. The number of guanidine groups is 1. The summed E-state index contributed by atoms with van der Waals surface area (Å²) >= 11 is 0. The monoisotopic (exact) mass is 536 g/mol. The summed E-state index contributed by atoms with van der Waals surface area (Å²) in [6.07, 6.45) is 7.57. The van der Waals surface area contributed by atoms with Gasteiger partial charge in [0.15, 0.2) is 15.8 Å². The second-order valence-corrected chi connectivity index (χ2v) is 9.70. The molecule has 0 amide bonds. The van der Waals surface area contributed by atoms with Crippen molar-refractivity contribution in [2.75, 3.05) is 32.9 Å². The largest absolute Gasteiger partial charge is 0.355 e. The lowest BCUT2D eigenvalue weighted by molar-refractivity contribution is 0.147. The van der Waals surface area contributed by atoms with Crippen molar-refractivity contribution < 1.29 is 8.42 Å². The summed E-state index contributed by atoms with van der Waals surface area (Å²) in [6.45, 7) is 7.96. The second-order valence-electron chi connectivity index (χ2n) is 7.72. The number of halogens is 1. The van der Waals surface area contributed by atoms with Crippen LogP contribution in [0.5, 0.6) is 0 Å². The van der Waals surface area contributed by atoms with Gasteiger partial charge in [-0.3, -0.25) is 9.89 Å². The van der Waals surface area contributed by atoms with Crippen LogP contribution in [0.1, 0.15) is 50.2 Å². The molecule has 1 aliphatic heterocycles. The minimum Gasteiger partial charge on any atom is -0.355 e. The smallest absolute Gasteiger partial charge is 0.191 e. The number of nitrogens with one attached hydrogen (secondary N) is 2. The Hall–Kier alpha value is -0.870. The molecule has 0 saturated carbocycles. The molecule has 0 spiro atoms. The zero-order valence-corrected chi connectivity index (χ0v) is 21.3. The predicted molar refractivity (Wildman–Crippen MR) is 132 cm³/mol. The molecule has 2 N–H and O–H groups in total. The van der Waals surface area contributed by atoms with Crippen molar-refractivity contribution in [2.45, 2.75) is 63.4 Å². The Morgan fingerprint density at radius 1 is 1.28 bits per heavy atom. The van der Waals surface area contributed by atoms with E-state index in [1.54, 1.807) is 13.1 Å². The van der Waals surface area contributed by atoms with Gasteiger partial charge in [-0.15, -0.1) is 24.0 Å². The van der Waals surface area contributed by atoms with Crippen molar-refractivity contribution in [3.63, 3.8) is 0 Å². The molecule has 1 heterocycles. The van der Waals surface area contributed by atoms with E-state index < -0.39 is 9.84 Å². The highest BCUT2D eigenvalue weighted by Gasteiger charge is 2.21. The molecular formula is C21H37IN4O2S. The van der Waals surface area contributed by atoms with Crippen LogP contribution in [-0.2, 0) is 16.4 Å². The van der Waals surface area contributed by atoms with Gasteiger partial charge in [0.2, 0.25) is 0 Å². The average molecular weight is 537 g/mol. The number of nitrogens with zero attached hydrogens (tertiary/aromatic N) is 2. The molecule has 1 fully saturated rings. The van der Waals surface area contributed by atoms with Gasteiger partial charge in [0.05, 0.1) is 4.90 Å². The van der Waals surface area contributed by atoms with Crippen molar-refractivity contribution in [1.82, 2.24) is 15.5 Å². The average Bonchev–Trinajstić information content (AvgIpc) is 2.66. The molecule has 1 aliphatic rings. The molecule has 0 radical (unpaired) electrons. The molecule has 2 rings (SSSR count). The summed E-state index contributed by atoms with van der Waals surface area (Å²) in [7, 11) is -1.40. The maximum absolute atomic E-state index is 11.8. The summed E-state index contributed by atoms with van der Waals surface area (Å²) < 4.78 is 23.5. The van der Waals surface area contributed by atoms with E-state index in [4.69, 9.17) is 0 Å². The number of likely N-dealkylation sites (tertiary alicyclic amines) is 1. The van der Waals surface area contributed by atoms with Crippen molar-refractivity contribution >= 4 is 39.8 Å². The number of aryl methyl sites for hydroxylation is 1.